The van der Waals surface area contributed by atoms with Crippen LogP contribution in [0.2, 0.25) is 0 Å². The fourth-order valence-electron chi connectivity index (χ4n) is 1.64. The lowest BCUT2D eigenvalue weighted by Crippen LogP contribution is -2.23. The van der Waals surface area contributed by atoms with E-state index >= 15 is 0 Å². The van der Waals surface area contributed by atoms with Crippen molar-refractivity contribution in [1.29, 1.82) is 0 Å². The number of hydrogen-bond acceptors (Lipinski definition) is 4. The minimum Gasteiger partial charge on any atom is -0.477 e. The summed E-state index contributed by atoms with van der Waals surface area (Å²) in [4.78, 5) is 16.6. The van der Waals surface area contributed by atoms with Gasteiger partial charge < -0.3 is 14.7 Å². The highest BCUT2D eigenvalue weighted by molar-refractivity contribution is 5.86. The summed E-state index contributed by atoms with van der Waals surface area (Å²) in [6.45, 7) is 2.26. The van der Waals surface area contributed by atoms with E-state index in [1.54, 1.807) is 12.1 Å². The highest BCUT2D eigenvalue weighted by Gasteiger charge is 2.21. The molecule has 5 nitrogen and oxygen atoms in total. The molecular weight excluding hydrogens is 232 g/mol. The maximum Gasteiger partial charge on any atom is 0.354 e. The zero-order valence-corrected chi connectivity index (χ0v) is 10.5. The average Bonchev–Trinajstić information content (AvgIpc) is 3.18. The number of carboxylic acid groups (broad SMARTS) is 1. The molecule has 0 spiro atoms. The Morgan fingerprint density at radius 2 is 2.39 bits per heavy atom. The quantitative estimate of drug-likeness (QED) is 0.745. The van der Waals surface area contributed by atoms with Gasteiger partial charge in [0.15, 0.2) is 0 Å². The van der Waals surface area contributed by atoms with E-state index in [0.29, 0.717) is 6.61 Å². The molecule has 0 amide bonds. The van der Waals surface area contributed by atoms with Crippen molar-refractivity contribution in [2.75, 3.05) is 31.7 Å². The number of aromatic nitrogens is 1. The van der Waals surface area contributed by atoms with Crippen molar-refractivity contribution in [3.8, 4) is 0 Å². The molecule has 1 aromatic rings. The lowest BCUT2D eigenvalue weighted by molar-refractivity contribution is 0.0690. The summed E-state index contributed by atoms with van der Waals surface area (Å²) in [5.74, 6) is -0.231. The molecule has 18 heavy (non-hydrogen) atoms. The Hall–Kier alpha value is -1.62. The zero-order chi connectivity index (χ0) is 13.0. The Balaban J connectivity index is 1.81. The summed E-state index contributed by atoms with van der Waals surface area (Å²) in [6.07, 6.45) is 4.10. The number of pyridine rings is 1. The fraction of sp³-hybridized carbons (Fsp3) is 0.538. The predicted octanol–water partition coefficient (Wildman–Crippen LogP) is 1.64. The number of likely N-dealkylation sites (N-methyl/N-ethyl adjacent to an activating group) is 1. The fourth-order valence-corrected chi connectivity index (χ4v) is 1.64. The molecular formula is C13H18N2O3. The second-order valence-electron chi connectivity index (χ2n) is 4.64. The van der Waals surface area contributed by atoms with E-state index < -0.39 is 5.97 Å². The Morgan fingerprint density at radius 1 is 1.61 bits per heavy atom. The van der Waals surface area contributed by atoms with Crippen molar-refractivity contribution in [3.05, 3.63) is 24.0 Å². The highest BCUT2D eigenvalue weighted by atomic mass is 16.5. The van der Waals surface area contributed by atoms with E-state index in [1.807, 2.05) is 11.9 Å². The van der Waals surface area contributed by atoms with Gasteiger partial charge in [0, 0.05) is 32.1 Å². The number of carbonyl (C=O) groups is 1. The lowest BCUT2D eigenvalue weighted by Gasteiger charge is -2.19. The molecule has 0 radical (unpaired) electrons. The molecule has 0 bridgehead atoms. The Labute approximate surface area is 106 Å². The van der Waals surface area contributed by atoms with E-state index in [4.69, 9.17) is 9.84 Å². The van der Waals surface area contributed by atoms with Gasteiger partial charge in [-0.05, 0) is 30.9 Å². The largest absolute Gasteiger partial charge is 0.477 e. The number of nitrogens with zero attached hydrogens (tertiary/aromatic N) is 2. The molecule has 1 heterocycles. The van der Waals surface area contributed by atoms with E-state index in [0.717, 1.165) is 24.8 Å². The van der Waals surface area contributed by atoms with Crippen molar-refractivity contribution in [1.82, 2.24) is 4.98 Å². The van der Waals surface area contributed by atoms with Gasteiger partial charge in [0.1, 0.15) is 5.69 Å². The number of ether oxygens (including phenoxy) is 1. The van der Waals surface area contributed by atoms with Crippen LogP contribution in [0, 0.1) is 5.92 Å². The first-order valence-electron chi connectivity index (χ1n) is 6.15. The maximum absolute atomic E-state index is 10.8. The molecule has 2 rings (SSSR count). The Morgan fingerprint density at radius 3 is 3.06 bits per heavy atom. The van der Waals surface area contributed by atoms with E-state index in [-0.39, 0.29) is 5.69 Å². The number of anilines is 1. The van der Waals surface area contributed by atoms with Gasteiger partial charge in [-0.15, -0.1) is 0 Å². The molecule has 1 fully saturated rings. The molecule has 1 saturated carbocycles. The molecule has 0 saturated heterocycles. The van der Waals surface area contributed by atoms with Crippen LogP contribution < -0.4 is 4.90 Å². The minimum atomic E-state index is -1.00. The summed E-state index contributed by atoms with van der Waals surface area (Å²) < 4.78 is 5.55. The van der Waals surface area contributed by atoms with Gasteiger partial charge in [0.05, 0.1) is 6.61 Å². The van der Waals surface area contributed by atoms with Crippen molar-refractivity contribution >= 4 is 11.7 Å². The normalized spacial score (nSPS) is 14.5. The number of hydrogen-bond donors (Lipinski definition) is 1. The van der Waals surface area contributed by atoms with Gasteiger partial charge in [0.2, 0.25) is 0 Å². The van der Waals surface area contributed by atoms with Crippen molar-refractivity contribution in [2.24, 2.45) is 5.92 Å². The van der Waals surface area contributed by atoms with Crippen molar-refractivity contribution in [2.45, 2.75) is 12.8 Å². The van der Waals surface area contributed by atoms with Crippen LogP contribution in [0.3, 0.4) is 0 Å². The lowest BCUT2D eigenvalue weighted by atomic mass is 10.3. The van der Waals surface area contributed by atoms with Gasteiger partial charge in [-0.3, -0.25) is 0 Å². The molecule has 1 aromatic heterocycles. The van der Waals surface area contributed by atoms with E-state index in [9.17, 15) is 4.79 Å². The molecule has 98 valence electrons. The van der Waals surface area contributed by atoms with Crippen LogP contribution >= 0.6 is 0 Å². The minimum absolute atomic E-state index is 0.0678. The topological polar surface area (TPSA) is 62.7 Å². The van der Waals surface area contributed by atoms with Gasteiger partial charge in [-0.2, -0.15) is 0 Å². The molecule has 5 heteroatoms. The Kier molecular flexibility index (Phi) is 4.15. The van der Waals surface area contributed by atoms with Crippen molar-refractivity contribution < 1.29 is 14.6 Å². The summed E-state index contributed by atoms with van der Waals surface area (Å²) in [5.41, 5.74) is 0.913. The summed E-state index contributed by atoms with van der Waals surface area (Å²) in [5, 5.41) is 8.87. The average molecular weight is 250 g/mol. The van der Waals surface area contributed by atoms with Gasteiger partial charge >= 0.3 is 5.97 Å². The predicted molar refractivity (Wildman–Crippen MR) is 68.0 cm³/mol. The molecule has 0 unspecified atom stereocenters. The smallest absolute Gasteiger partial charge is 0.354 e. The summed E-state index contributed by atoms with van der Waals surface area (Å²) >= 11 is 0. The number of rotatable bonds is 7. The monoisotopic (exact) mass is 250 g/mol. The molecule has 1 N–H and O–H groups in total. The van der Waals surface area contributed by atoms with Crippen LogP contribution in [-0.4, -0.2) is 42.9 Å². The Bertz CT molecular complexity index is 418. The van der Waals surface area contributed by atoms with Crippen LogP contribution in [0.5, 0.6) is 0 Å². The third-order valence-corrected chi connectivity index (χ3v) is 3.02. The van der Waals surface area contributed by atoms with Gasteiger partial charge in [-0.1, -0.05) is 0 Å². The standard InChI is InChI=1S/C13H18N2O3/c1-15(6-7-18-9-10-2-3-10)11-4-5-14-12(8-11)13(16)17/h4-5,8,10H,2-3,6-7,9H2,1H3,(H,16,17). The SMILES string of the molecule is CN(CCOCC1CC1)c1ccnc(C(=O)O)c1. The molecule has 0 aromatic carbocycles. The van der Waals surface area contributed by atoms with Crippen molar-refractivity contribution in [3.63, 3.8) is 0 Å². The highest BCUT2D eigenvalue weighted by Crippen LogP contribution is 2.28. The summed E-state index contributed by atoms with van der Waals surface area (Å²) in [7, 11) is 1.92. The van der Waals surface area contributed by atoms with E-state index in [1.165, 1.54) is 19.0 Å². The third kappa shape index (κ3) is 3.70. The molecule has 0 atom stereocenters. The molecule has 1 aliphatic rings. The van der Waals surface area contributed by atoms with Crippen LogP contribution in [0.25, 0.3) is 0 Å². The van der Waals surface area contributed by atoms with Crippen LogP contribution in [0.4, 0.5) is 5.69 Å². The van der Waals surface area contributed by atoms with Crippen LogP contribution in [0.15, 0.2) is 18.3 Å². The van der Waals surface area contributed by atoms with Gasteiger partial charge in [0.25, 0.3) is 0 Å². The van der Waals surface area contributed by atoms with Gasteiger partial charge in [-0.25, -0.2) is 9.78 Å². The first-order chi connectivity index (χ1) is 8.66. The number of aromatic carboxylic acids is 1. The first kappa shape index (κ1) is 12.8. The van der Waals surface area contributed by atoms with E-state index in [2.05, 4.69) is 4.98 Å². The summed E-state index contributed by atoms with van der Waals surface area (Å²) in [6, 6.07) is 3.37. The third-order valence-electron chi connectivity index (χ3n) is 3.02. The molecule has 0 aliphatic heterocycles. The second-order valence-corrected chi connectivity index (χ2v) is 4.64. The molecule has 1 aliphatic carbocycles. The zero-order valence-electron chi connectivity index (χ0n) is 10.5. The second kappa shape index (κ2) is 5.82. The number of carboxylic acids is 1. The van der Waals surface area contributed by atoms with Crippen LogP contribution in [0.1, 0.15) is 23.3 Å². The van der Waals surface area contributed by atoms with Crippen LogP contribution in [-0.2, 0) is 4.74 Å². The maximum atomic E-state index is 10.8. The first-order valence-corrected chi connectivity index (χ1v) is 6.15.